The van der Waals surface area contributed by atoms with Gasteiger partial charge in [0, 0.05) is 35.9 Å². The monoisotopic (exact) mass is 382 g/mol. The van der Waals surface area contributed by atoms with E-state index in [1.165, 1.54) is 22.2 Å². The topological polar surface area (TPSA) is 45.5 Å². The maximum absolute atomic E-state index is 11.4. The van der Waals surface area contributed by atoms with Crippen LogP contribution in [-0.2, 0) is 17.9 Å². The van der Waals surface area contributed by atoms with Gasteiger partial charge in [0.15, 0.2) is 0 Å². The molecule has 4 nitrogen and oxygen atoms in total. The number of rotatable bonds is 5. The Labute approximate surface area is 164 Å². The van der Waals surface area contributed by atoms with E-state index in [0.717, 1.165) is 37.5 Å². The van der Waals surface area contributed by atoms with E-state index in [4.69, 9.17) is 11.6 Å². The lowest BCUT2D eigenvalue weighted by atomic mass is 9.98. The molecule has 3 aromatic rings. The molecule has 2 heterocycles. The summed E-state index contributed by atoms with van der Waals surface area (Å²) in [7, 11) is 0. The van der Waals surface area contributed by atoms with Gasteiger partial charge in [-0.15, -0.1) is 0 Å². The van der Waals surface area contributed by atoms with E-state index in [1.807, 2.05) is 12.1 Å². The number of hydrogen-bond acceptors (Lipinski definition) is 2. The van der Waals surface area contributed by atoms with E-state index in [0.29, 0.717) is 6.54 Å². The molecule has 0 saturated carbocycles. The van der Waals surface area contributed by atoms with Crippen molar-refractivity contribution in [2.45, 2.75) is 25.9 Å². The van der Waals surface area contributed by atoms with Crippen molar-refractivity contribution in [1.29, 1.82) is 0 Å². The molecule has 1 unspecified atom stereocenters. The number of piperidine rings is 1. The summed E-state index contributed by atoms with van der Waals surface area (Å²) in [6.07, 6.45) is 1.72. The fraction of sp³-hybridized carbons (Fsp3) is 0.318. The second kappa shape index (κ2) is 7.75. The minimum absolute atomic E-state index is 0.257. The van der Waals surface area contributed by atoms with Crippen molar-refractivity contribution < 1.29 is 9.90 Å². The van der Waals surface area contributed by atoms with E-state index in [2.05, 4.69) is 51.9 Å². The SMILES string of the molecule is O=C(O)C1CCCN(Cc2cc3ccccc3n2Cc2ccc(Cl)cc2)C1. The predicted molar refractivity (Wildman–Crippen MR) is 108 cm³/mol. The van der Waals surface area contributed by atoms with Gasteiger partial charge in [0.2, 0.25) is 0 Å². The summed E-state index contributed by atoms with van der Waals surface area (Å²) in [6, 6.07) is 18.6. The highest BCUT2D eigenvalue weighted by Gasteiger charge is 2.26. The summed E-state index contributed by atoms with van der Waals surface area (Å²) in [4.78, 5) is 13.7. The van der Waals surface area contributed by atoms with Crippen molar-refractivity contribution in [2.75, 3.05) is 13.1 Å². The van der Waals surface area contributed by atoms with Crippen molar-refractivity contribution in [2.24, 2.45) is 5.92 Å². The number of aromatic nitrogens is 1. The van der Waals surface area contributed by atoms with Gasteiger partial charge in [-0.3, -0.25) is 9.69 Å². The molecule has 1 aromatic heterocycles. The van der Waals surface area contributed by atoms with Gasteiger partial charge < -0.3 is 9.67 Å². The fourth-order valence-corrected chi connectivity index (χ4v) is 4.11. The number of fused-ring (bicyclic) bond motifs is 1. The van der Waals surface area contributed by atoms with Crippen LogP contribution < -0.4 is 0 Å². The molecule has 1 aliphatic heterocycles. The standard InChI is InChI=1S/C22H23ClN2O2/c23-19-9-7-16(8-10-19)13-25-20(12-17-4-1-2-6-21(17)25)15-24-11-3-5-18(14-24)22(26)27/h1-2,4,6-10,12,18H,3,5,11,13-15H2,(H,26,27). The second-order valence-electron chi connectivity index (χ2n) is 7.32. The third-order valence-electron chi connectivity index (χ3n) is 5.39. The van der Waals surface area contributed by atoms with Crippen LogP contribution in [0.3, 0.4) is 0 Å². The zero-order valence-electron chi connectivity index (χ0n) is 15.1. The van der Waals surface area contributed by atoms with Crippen LogP contribution in [0.15, 0.2) is 54.6 Å². The van der Waals surface area contributed by atoms with Crippen molar-refractivity contribution in [3.63, 3.8) is 0 Å². The van der Waals surface area contributed by atoms with Gasteiger partial charge in [-0.1, -0.05) is 41.9 Å². The Balaban J connectivity index is 1.63. The number of nitrogens with zero attached hydrogens (tertiary/aromatic N) is 2. The molecule has 1 saturated heterocycles. The first-order valence-corrected chi connectivity index (χ1v) is 9.75. The number of likely N-dealkylation sites (tertiary alicyclic amines) is 1. The molecule has 1 N–H and O–H groups in total. The summed E-state index contributed by atoms with van der Waals surface area (Å²) in [5, 5.41) is 11.3. The highest BCUT2D eigenvalue weighted by atomic mass is 35.5. The average Bonchev–Trinajstić information content (AvgIpc) is 3.01. The number of aliphatic carboxylic acids is 1. The Morgan fingerprint density at radius 3 is 2.67 bits per heavy atom. The highest BCUT2D eigenvalue weighted by molar-refractivity contribution is 6.30. The average molecular weight is 383 g/mol. The highest BCUT2D eigenvalue weighted by Crippen LogP contribution is 2.25. The van der Waals surface area contributed by atoms with E-state index < -0.39 is 5.97 Å². The van der Waals surface area contributed by atoms with Crippen LogP contribution >= 0.6 is 11.6 Å². The third-order valence-corrected chi connectivity index (χ3v) is 5.64. The molecule has 0 spiro atoms. The maximum atomic E-state index is 11.4. The molecule has 1 fully saturated rings. The smallest absolute Gasteiger partial charge is 0.307 e. The minimum atomic E-state index is -0.679. The van der Waals surface area contributed by atoms with Crippen molar-refractivity contribution in [1.82, 2.24) is 9.47 Å². The van der Waals surface area contributed by atoms with Crippen LogP contribution in [0.4, 0.5) is 0 Å². The molecule has 4 rings (SSSR count). The number of hydrogen-bond donors (Lipinski definition) is 1. The van der Waals surface area contributed by atoms with Crippen LogP contribution in [0.5, 0.6) is 0 Å². The molecule has 5 heteroatoms. The van der Waals surface area contributed by atoms with Crippen molar-refractivity contribution >= 4 is 28.5 Å². The summed E-state index contributed by atoms with van der Waals surface area (Å²) in [5.41, 5.74) is 3.62. The second-order valence-corrected chi connectivity index (χ2v) is 7.76. The molecule has 1 atom stereocenters. The minimum Gasteiger partial charge on any atom is -0.481 e. The number of benzene rings is 2. The molecule has 0 radical (unpaired) electrons. The molecule has 0 bridgehead atoms. The number of carbonyl (C=O) groups is 1. The van der Waals surface area contributed by atoms with Gasteiger partial charge in [-0.2, -0.15) is 0 Å². The van der Waals surface area contributed by atoms with Gasteiger partial charge in [0.25, 0.3) is 0 Å². The zero-order valence-corrected chi connectivity index (χ0v) is 15.9. The summed E-state index contributed by atoms with van der Waals surface area (Å²) < 4.78 is 2.34. The van der Waals surface area contributed by atoms with Crippen molar-refractivity contribution in [3.8, 4) is 0 Å². The molecule has 140 valence electrons. The van der Waals surface area contributed by atoms with Crippen LogP contribution in [0, 0.1) is 5.92 Å². The number of para-hydroxylation sites is 1. The first-order chi connectivity index (χ1) is 13.1. The van der Waals surface area contributed by atoms with Crippen LogP contribution in [0.25, 0.3) is 10.9 Å². The Bertz CT molecular complexity index is 949. The fourth-order valence-electron chi connectivity index (χ4n) is 3.99. The van der Waals surface area contributed by atoms with E-state index in [-0.39, 0.29) is 5.92 Å². The van der Waals surface area contributed by atoms with E-state index in [1.54, 1.807) is 0 Å². The van der Waals surface area contributed by atoms with E-state index >= 15 is 0 Å². The first kappa shape index (κ1) is 18.1. The molecule has 27 heavy (non-hydrogen) atoms. The molecular formula is C22H23ClN2O2. The molecular weight excluding hydrogens is 360 g/mol. The Hall–Kier alpha value is -2.30. The van der Waals surface area contributed by atoms with Gasteiger partial charge in [0.1, 0.15) is 0 Å². The Kier molecular flexibility index (Phi) is 5.19. The van der Waals surface area contributed by atoms with Gasteiger partial charge >= 0.3 is 5.97 Å². The maximum Gasteiger partial charge on any atom is 0.307 e. The molecule has 0 amide bonds. The Morgan fingerprint density at radius 2 is 1.89 bits per heavy atom. The largest absolute Gasteiger partial charge is 0.481 e. The third kappa shape index (κ3) is 4.02. The number of carboxylic acids is 1. The van der Waals surface area contributed by atoms with E-state index in [9.17, 15) is 9.90 Å². The van der Waals surface area contributed by atoms with Gasteiger partial charge in [0.05, 0.1) is 5.92 Å². The lowest BCUT2D eigenvalue weighted by Crippen LogP contribution is -2.38. The lowest BCUT2D eigenvalue weighted by molar-refractivity contribution is -0.143. The number of halogens is 1. The molecule has 1 aliphatic rings. The lowest BCUT2D eigenvalue weighted by Gasteiger charge is -2.30. The van der Waals surface area contributed by atoms with Crippen LogP contribution in [-0.4, -0.2) is 33.6 Å². The van der Waals surface area contributed by atoms with Gasteiger partial charge in [-0.05, 0) is 54.6 Å². The van der Waals surface area contributed by atoms with Crippen LogP contribution in [0.1, 0.15) is 24.1 Å². The molecule has 2 aromatic carbocycles. The van der Waals surface area contributed by atoms with Crippen LogP contribution in [0.2, 0.25) is 5.02 Å². The summed E-state index contributed by atoms with van der Waals surface area (Å²) >= 11 is 6.03. The summed E-state index contributed by atoms with van der Waals surface area (Å²) in [6.45, 7) is 3.12. The Morgan fingerprint density at radius 1 is 1.11 bits per heavy atom. The first-order valence-electron chi connectivity index (χ1n) is 9.37. The van der Waals surface area contributed by atoms with Gasteiger partial charge in [-0.25, -0.2) is 0 Å². The van der Waals surface area contributed by atoms with Crippen molar-refractivity contribution in [3.05, 3.63) is 70.9 Å². The normalized spacial score (nSPS) is 18.0. The quantitative estimate of drug-likeness (QED) is 0.699. The molecule has 0 aliphatic carbocycles. The summed E-state index contributed by atoms with van der Waals surface area (Å²) in [5.74, 6) is -0.936. The number of carboxylic acid groups (broad SMARTS) is 1. The zero-order chi connectivity index (χ0) is 18.8. The predicted octanol–water partition coefficient (Wildman–Crippen LogP) is 4.64.